The van der Waals surface area contributed by atoms with Crippen LogP contribution in [0.1, 0.15) is 28.7 Å². The minimum Gasteiger partial charge on any atom is -0.351 e. The molecule has 166 valence electrons. The van der Waals surface area contributed by atoms with Gasteiger partial charge in [-0.2, -0.15) is 5.10 Å². The monoisotopic (exact) mass is 446 g/mol. The quantitative estimate of drug-likeness (QED) is 0.538. The third-order valence-corrected chi connectivity index (χ3v) is 6.76. The molecule has 3 aromatic rings. The molecule has 0 saturated carbocycles. The van der Waals surface area contributed by atoms with Crippen molar-refractivity contribution in [3.8, 4) is 5.69 Å². The molecule has 0 aliphatic carbocycles. The minimum atomic E-state index is 0.0679. The molecular formula is C26H30N4OS. The van der Waals surface area contributed by atoms with Crippen LogP contribution in [0.5, 0.6) is 0 Å². The zero-order valence-electron chi connectivity index (χ0n) is 19.0. The Labute approximate surface area is 194 Å². The van der Waals surface area contributed by atoms with Crippen LogP contribution < -0.4 is 5.32 Å². The summed E-state index contributed by atoms with van der Waals surface area (Å²) < 4.78 is 1.94. The average molecular weight is 447 g/mol. The second-order valence-electron chi connectivity index (χ2n) is 8.28. The van der Waals surface area contributed by atoms with Gasteiger partial charge in [-0.3, -0.25) is 9.69 Å². The number of hydrogen-bond donors (Lipinski definition) is 1. The molecule has 0 radical (unpaired) electrons. The van der Waals surface area contributed by atoms with E-state index in [0.717, 1.165) is 36.3 Å². The van der Waals surface area contributed by atoms with Gasteiger partial charge in [-0.25, -0.2) is 4.68 Å². The van der Waals surface area contributed by atoms with Gasteiger partial charge in [0.2, 0.25) is 5.91 Å². The molecule has 4 rings (SSSR count). The van der Waals surface area contributed by atoms with Gasteiger partial charge in [0.25, 0.3) is 0 Å². The van der Waals surface area contributed by atoms with Gasteiger partial charge in [-0.1, -0.05) is 24.3 Å². The van der Waals surface area contributed by atoms with Gasteiger partial charge >= 0.3 is 0 Å². The predicted molar refractivity (Wildman–Crippen MR) is 132 cm³/mol. The molecule has 0 spiro atoms. The Balaban J connectivity index is 1.29. The van der Waals surface area contributed by atoms with E-state index in [1.165, 1.54) is 21.6 Å². The molecule has 1 aliphatic heterocycles. The highest BCUT2D eigenvalue weighted by atomic mass is 32.2. The van der Waals surface area contributed by atoms with Crippen LogP contribution in [0.4, 0.5) is 0 Å². The first kappa shape index (κ1) is 22.4. The van der Waals surface area contributed by atoms with E-state index in [9.17, 15) is 4.79 Å². The van der Waals surface area contributed by atoms with Crippen molar-refractivity contribution in [2.45, 2.75) is 31.7 Å². The van der Waals surface area contributed by atoms with Gasteiger partial charge < -0.3 is 5.32 Å². The summed E-state index contributed by atoms with van der Waals surface area (Å²) in [4.78, 5) is 15.8. The number of carbonyl (C=O) groups excluding carboxylic acids is 1. The largest absolute Gasteiger partial charge is 0.351 e. The van der Waals surface area contributed by atoms with Crippen LogP contribution in [0.3, 0.4) is 0 Å². The zero-order chi connectivity index (χ0) is 22.5. The van der Waals surface area contributed by atoms with Gasteiger partial charge in [0.05, 0.1) is 18.4 Å². The molecular weight excluding hydrogens is 416 g/mol. The van der Waals surface area contributed by atoms with E-state index in [2.05, 4.69) is 90.2 Å². The molecule has 1 amide bonds. The molecule has 0 unspecified atom stereocenters. The SMILES string of the molecule is CSc1ccc(CNC(=O)CN2CC=C(c3cnn(-c4ccc(C)c(C)c4)c3)CC2)cc1. The number of rotatable bonds is 7. The lowest BCUT2D eigenvalue weighted by atomic mass is 10.0. The van der Waals surface area contributed by atoms with Crippen molar-refractivity contribution in [1.82, 2.24) is 20.0 Å². The fraction of sp³-hybridized carbons (Fsp3) is 0.308. The van der Waals surface area contributed by atoms with E-state index in [-0.39, 0.29) is 5.91 Å². The first-order valence-corrected chi connectivity index (χ1v) is 12.2. The smallest absolute Gasteiger partial charge is 0.234 e. The maximum atomic E-state index is 12.4. The van der Waals surface area contributed by atoms with Crippen LogP contribution in [0, 0.1) is 13.8 Å². The maximum Gasteiger partial charge on any atom is 0.234 e. The number of nitrogens with zero attached hydrogens (tertiary/aromatic N) is 3. The van der Waals surface area contributed by atoms with Gasteiger partial charge in [-0.05, 0) is 73.1 Å². The topological polar surface area (TPSA) is 50.2 Å². The number of hydrogen-bond acceptors (Lipinski definition) is 4. The van der Waals surface area contributed by atoms with Gasteiger partial charge in [0.1, 0.15) is 0 Å². The number of thioether (sulfide) groups is 1. The molecule has 1 N–H and O–H groups in total. The highest BCUT2D eigenvalue weighted by molar-refractivity contribution is 7.98. The summed E-state index contributed by atoms with van der Waals surface area (Å²) in [5, 5.41) is 7.60. The fourth-order valence-corrected chi connectivity index (χ4v) is 4.23. The Morgan fingerprint density at radius 1 is 1.12 bits per heavy atom. The number of amides is 1. The standard InChI is InChI=1S/C26H30N4OS/c1-19-4-7-24(14-20(19)2)30-17-23(16-28-30)22-10-12-29(13-11-22)18-26(31)27-15-21-5-8-25(32-3)9-6-21/h4-10,14,16-17H,11-13,15,18H2,1-3H3,(H,27,31). The van der Waals surface area contributed by atoms with Gasteiger partial charge in [0, 0.05) is 36.3 Å². The molecule has 1 aliphatic rings. The van der Waals surface area contributed by atoms with Crippen LogP contribution in [0.15, 0.2) is 65.8 Å². The summed E-state index contributed by atoms with van der Waals surface area (Å²) in [6, 6.07) is 14.7. The fourth-order valence-electron chi connectivity index (χ4n) is 3.82. The van der Waals surface area contributed by atoms with Crippen LogP contribution in [0.25, 0.3) is 11.3 Å². The lowest BCUT2D eigenvalue weighted by molar-refractivity contribution is -0.122. The molecule has 0 bridgehead atoms. The third-order valence-electron chi connectivity index (χ3n) is 6.02. The molecule has 0 saturated heterocycles. The summed E-state index contributed by atoms with van der Waals surface area (Å²) in [5.41, 5.74) is 7.21. The zero-order valence-corrected chi connectivity index (χ0v) is 19.8. The summed E-state index contributed by atoms with van der Waals surface area (Å²) in [6.07, 6.45) is 9.24. The minimum absolute atomic E-state index is 0.0679. The van der Waals surface area contributed by atoms with E-state index in [0.29, 0.717) is 13.1 Å². The first-order chi connectivity index (χ1) is 15.5. The first-order valence-electron chi connectivity index (χ1n) is 11.0. The predicted octanol–water partition coefficient (Wildman–Crippen LogP) is 4.62. The maximum absolute atomic E-state index is 12.4. The Kier molecular flexibility index (Phi) is 7.12. The second kappa shape index (κ2) is 10.2. The second-order valence-corrected chi connectivity index (χ2v) is 9.16. The van der Waals surface area contributed by atoms with E-state index >= 15 is 0 Å². The van der Waals surface area contributed by atoms with Crippen molar-refractivity contribution >= 4 is 23.2 Å². The molecule has 32 heavy (non-hydrogen) atoms. The number of carbonyl (C=O) groups is 1. The van der Waals surface area contributed by atoms with Crippen molar-refractivity contribution < 1.29 is 4.79 Å². The van der Waals surface area contributed by atoms with Crippen molar-refractivity contribution in [3.63, 3.8) is 0 Å². The number of nitrogens with one attached hydrogen (secondary N) is 1. The average Bonchev–Trinajstić information content (AvgIpc) is 3.31. The van der Waals surface area contributed by atoms with Gasteiger partial charge in [-0.15, -0.1) is 11.8 Å². The Bertz CT molecular complexity index is 1120. The Hall–Kier alpha value is -2.83. The number of aromatic nitrogens is 2. The van der Waals surface area contributed by atoms with Crippen LogP contribution >= 0.6 is 11.8 Å². The van der Waals surface area contributed by atoms with Crippen LogP contribution in [-0.4, -0.2) is 46.5 Å². The summed E-state index contributed by atoms with van der Waals surface area (Å²) in [7, 11) is 0. The highest BCUT2D eigenvalue weighted by Gasteiger charge is 2.17. The molecule has 0 atom stereocenters. The number of aryl methyl sites for hydroxylation is 2. The lowest BCUT2D eigenvalue weighted by Crippen LogP contribution is -2.39. The Morgan fingerprint density at radius 2 is 1.94 bits per heavy atom. The summed E-state index contributed by atoms with van der Waals surface area (Å²) in [5.74, 6) is 0.0679. The lowest BCUT2D eigenvalue weighted by Gasteiger charge is -2.25. The highest BCUT2D eigenvalue weighted by Crippen LogP contribution is 2.23. The van der Waals surface area contributed by atoms with Crippen molar-refractivity contribution in [2.75, 3.05) is 25.9 Å². The third kappa shape index (κ3) is 5.50. The molecule has 5 nitrogen and oxygen atoms in total. The number of benzene rings is 2. The summed E-state index contributed by atoms with van der Waals surface area (Å²) >= 11 is 1.72. The van der Waals surface area contributed by atoms with Gasteiger partial charge in [0.15, 0.2) is 0 Å². The van der Waals surface area contributed by atoms with E-state index in [4.69, 9.17) is 0 Å². The molecule has 0 fully saturated rings. The van der Waals surface area contributed by atoms with E-state index < -0.39 is 0 Å². The van der Waals surface area contributed by atoms with Crippen molar-refractivity contribution in [1.29, 1.82) is 0 Å². The van der Waals surface area contributed by atoms with Crippen molar-refractivity contribution in [3.05, 3.63) is 83.2 Å². The molecule has 6 heteroatoms. The van der Waals surface area contributed by atoms with Crippen LogP contribution in [-0.2, 0) is 11.3 Å². The Morgan fingerprint density at radius 3 is 2.62 bits per heavy atom. The van der Waals surface area contributed by atoms with Crippen LogP contribution in [0.2, 0.25) is 0 Å². The van der Waals surface area contributed by atoms with E-state index in [1.54, 1.807) is 11.8 Å². The molecule has 2 aromatic carbocycles. The molecule has 2 heterocycles. The van der Waals surface area contributed by atoms with E-state index in [1.807, 2.05) is 10.9 Å². The normalized spacial score (nSPS) is 14.3. The van der Waals surface area contributed by atoms with Crippen molar-refractivity contribution in [2.24, 2.45) is 0 Å². The summed E-state index contributed by atoms with van der Waals surface area (Å²) in [6.45, 7) is 6.89. The molecule has 1 aromatic heterocycles.